The third-order valence-corrected chi connectivity index (χ3v) is 3.39. The van der Waals surface area contributed by atoms with Crippen molar-refractivity contribution in [3.05, 3.63) is 53.3 Å². The fraction of sp³-hybridized carbons (Fsp3) is 0.375. The summed E-state index contributed by atoms with van der Waals surface area (Å²) >= 11 is 0. The highest BCUT2D eigenvalue weighted by Gasteiger charge is 2.14. The van der Waals surface area contributed by atoms with Gasteiger partial charge in [-0.2, -0.15) is 5.10 Å². The monoisotopic (exact) mass is 286 g/mol. The number of carbonyl (C=O) groups excluding carboxylic acids is 1. The van der Waals surface area contributed by atoms with E-state index in [0.29, 0.717) is 6.54 Å². The van der Waals surface area contributed by atoms with Crippen molar-refractivity contribution < 1.29 is 4.79 Å². The van der Waals surface area contributed by atoms with Crippen LogP contribution in [-0.2, 0) is 11.3 Å². The second-order valence-electron chi connectivity index (χ2n) is 5.18. The maximum atomic E-state index is 12.0. The molecule has 1 atom stereocenters. The highest BCUT2D eigenvalue weighted by atomic mass is 16.2. The molecule has 0 aliphatic heterocycles. The van der Waals surface area contributed by atoms with Gasteiger partial charge in [0.15, 0.2) is 0 Å². The summed E-state index contributed by atoms with van der Waals surface area (Å²) in [5.74, 6) is -0.144. The Labute approximate surface area is 125 Å². The van der Waals surface area contributed by atoms with E-state index >= 15 is 0 Å². The predicted molar refractivity (Wildman–Crippen MR) is 82.7 cm³/mol. The minimum Gasteiger partial charge on any atom is -0.354 e. The molecule has 2 aromatic rings. The smallest absolute Gasteiger partial charge is 0.241 e. The van der Waals surface area contributed by atoms with Crippen molar-refractivity contribution in [3.63, 3.8) is 0 Å². The fourth-order valence-corrected chi connectivity index (χ4v) is 2.26. The van der Waals surface area contributed by atoms with Crippen LogP contribution in [0.25, 0.3) is 0 Å². The van der Waals surface area contributed by atoms with Crippen molar-refractivity contribution in [2.75, 3.05) is 6.54 Å². The number of hydrogen-bond acceptors (Lipinski definition) is 3. The Balaban J connectivity index is 1.76. The van der Waals surface area contributed by atoms with Crippen LogP contribution in [0.1, 0.15) is 29.4 Å². The van der Waals surface area contributed by atoms with Crippen molar-refractivity contribution in [1.29, 1.82) is 0 Å². The van der Waals surface area contributed by atoms with E-state index in [1.807, 2.05) is 54.9 Å². The number of aryl methyl sites for hydroxylation is 3. The molecule has 3 N–H and O–H groups in total. The van der Waals surface area contributed by atoms with Gasteiger partial charge in [-0.1, -0.05) is 30.3 Å². The van der Waals surface area contributed by atoms with E-state index in [4.69, 9.17) is 5.73 Å². The first kappa shape index (κ1) is 15.3. The molecule has 2 rings (SSSR count). The van der Waals surface area contributed by atoms with Crippen molar-refractivity contribution in [2.45, 2.75) is 32.9 Å². The molecular formula is C16H22N4O. The Morgan fingerprint density at radius 2 is 2.05 bits per heavy atom. The van der Waals surface area contributed by atoms with Gasteiger partial charge in [0.1, 0.15) is 6.04 Å². The predicted octanol–water partition coefficient (Wildman–Crippen LogP) is 1.71. The fourth-order valence-electron chi connectivity index (χ4n) is 2.26. The topological polar surface area (TPSA) is 72.9 Å². The van der Waals surface area contributed by atoms with Crippen molar-refractivity contribution in [2.24, 2.45) is 5.73 Å². The van der Waals surface area contributed by atoms with Crippen LogP contribution in [0.3, 0.4) is 0 Å². The largest absolute Gasteiger partial charge is 0.354 e. The Hall–Kier alpha value is -2.14. The van der Waals surface area contributed by atoms with E-state index in [-0.39, 0.29) is 5.91 Å². The molecule has 1 aromatic carbocycles. The summed E-state index contributed by atoms with van der Waals surface area (Å²) in [4.78, 5) is 12.0. The molecule has 0 spiro atoms. The number of carbonyl (C=O) groups is 1. The second-order valence-corrected chi connectivity index (χ2v) is 5.18. The van der Waals surface area contributed by atoms with Gasteiger partial charge in [-0.05, 0) is 31.9 Å². The molecule has 1 heterocycles. The van der Waals surface area contributed by atoms with Crippen LogP contribution in [0.5, 0.6) is 0 Å². The molecule has 21 heavy (non-hydrogen) atoms. The molecule has 1 unspecified atom stereocenters. The zero-order valence-electron chi connectivity index (χ0n) is 12.5. The van der Waals surface area contributed by atoms with Gasteiger partial charge in [0, 0.05) is 18.8 Å². The first-order valence-electron chi connectivity index (χ1n) is 7.17. The number of nitrogens with one attached hydrogen (secondary N) is 1. The van der Waals surface area contributed by atoms with Gasteiger partial charge in [-0.25, -0.2) is 0 Å². The summed E-state index contributed by atoms with van der Waals surface area (Å²) in [6, 6.07) is 10.8. The number of nitrogens with two attached hydrogens (primary N) is 1. The number of rotatable bonds is 6. The molecule has 5 heteroatoms. The third kappa shape index (κ3) is 4.16. The number of aromatic nitrogens is 2. The molecule has 0 saturated carbocycles. The van der Waals surface area contributed by atoms with Crippen LogP contribution >= 0.6 is 0 Å². The zero-order valence-corrected chi connectivity index (χ0v) is 12.5. The zero-order chi connectivity index (χ0) is 15.2. The Morgan fingerprint density at radius 3 is 2.67 bits per heavy atom. The lowest BCUT2D eigenvalue weighted by Gasteiger charge is -2.12. The summed E-state index contributed by atoms with van der Waals surface area (Å²) < 4.78 is 1.96. The summed E-state index contributed by atoms with van der Waals surface area (Å²) in [6.45, 7) is 5.40. The summed E-state index contributed by atoms with van der Waals surface area (Å²) in [6.07, 6.45) is 0.829. The van der Waals surface area contributed by atoms with Crippen molar-refractivity contribution in [1.82, 2.24) is 15.1 Å². The summed E-state index contributed by atoms with van der Waals surface area (Å²) in [5.41, 5.74) is 8.91. The van der Waals surface area contributed by atoms with E-state index in [0.717, 1.165) is 29.9 Å². The number of benzene rings is 1. The lowest BCUT2D eigenvalue weighted by atomic mass is 10.1. The Kier molecular flexibility index (Phi) is 5.11. The molecule has 5 nitrogen and oxygen atoms in total. The van der Waals surface area contributed by atoms with Gasteiger partial charge in [-0.3, -0.25) is 9.48 Å². The standard InChI is InChI=1S/C16H22N4O/c1-12-11-13(2)20(19-12)10-6-9-18-16(21)15(17)14-7-4-3-5-8-14/h3-5,7-8,11,15H,6,9-10,17H2,1-2H3,(H,18,21). The maximum Gasteiger partial charge on any atom is 0.241 e. The summed E-state index contributed by atoms with van der Waals surface area (Å²) in [7, 11) is 0. The first-order valence-corrected chi connectivity index (χ1v) is 7.17. The lowest BCUT2D eigenvalue weighted by molar-refractivity contribution is -0.122. The quantitative estimate of drug-likeness (QED) is 0.794. The SMILES string of the molecule is Cc1cc(C)n(CCCNC(=O)C(N)c2ccccc2)n1. The molecule has 1 amide bonds. The van der Waals surface area contributed by atoms with E-state index in [9.17, 15) is 4.79 Å². The average molecular weight is 286 g/mol. The molecule has 0 radical (unpaired) electrons. The minimum atomic E-state index is -0.611. The molecule has 0 aliphatic carbocycles. The van der Waals surface area contributed by atoms with E-state index in [2.05, 4.69) is 10.4 Å². The Bertz CT molecular complexity index is 592. The van der Waals surface area contributed by atoms with Crippen LogP contribution in [0, 0.1) is 13.8 Å². The summed E-state index contributed by atoms with van der Waals surface area (Å²) in [5, 5.41) is 7.26. The van der Waals surface area contributed by atoms with E-state index in [1.54, 1.807) is 0 Å². The highest BCUT2D eigenvalue weighted by molar-refractivity contribution is 5.82. The highest BCUT2D eigenvalue weighted by Crippen LogP contribution is 2.09. The molecule has 1 aromatic heterocycles. The molecule has 0 fully saturated rings. The van der Waals surface area contributed by atoms with Crippen molar-refractivity contribution in [3.8, 4) is 0 Å². The first-order chi connectivity index (χ1) is 10.1. The van der Waals surface area contributed by atoms with E-state index in [1.165, 1.54) is 0 Å². The molecule has 0 bridgehead atoms. The number of nitrogens with zero attached hydrogens (tertiary/aromatic N) is 2. The maximum absolute atomic E-state index is 12.0. The van der Waals surface area contributed by atoms with Crippen LogP contribution in [0.4, 0.5) is 0 Å². The van der Waals surface area contributed by atoms with Gasteiger partial charge in [0.2, 0.25) is 5.91 Å². The number of amides is 1. The molecule has 0 saturated heterocycles. The van der Waals surface area contributed by atoms with Crippen molar-refractivity contribution >= 4 is 5.91 Å². The minimum absolute atomic E-state index is 0.144. The van der Waals surface area contributed by atoms with Crippen LogP contribution < -0.4 is 11.1 Å². The third-order valence-electron chi connectivity index (χ3n) is 3.39. The van der Waals surface area contributed by atoms with Crippen LogP contribution in [-0.4, -0.2) is 22.2 Å². The van der Waals surface area contributed by atoms with Gasteiger partial charge in [0.05, 0.1) is 5.69 Å². The molecule has 112 valence electrons. The number of hydrogen-bond donors (Lipinski definition) is 2. The second kappa shape index (κ2) is 7.04. The Morgan fingerprint density at radius 1 is 1.33 bits per heavy atom. The molecular weight excluding hydrogens is 264 g/mol. The van der Waals surface area contributed by atoms with Gasteiger partial charge < -0.3 is 11.1 Å². The molecule has 0 aliphatic rings. The lowest BCUT2D eigenvalue weighted by Crippen LogP contribution is -2.35. The van der Waals surface area contributed by atoms with Crippen LogP contribution in [0.2, 0.25) is 0 Å². The average Bonchev–Trinajstić information content (AvgIpc) is 2.81. The van der Waals surface area contributed by atoms with E-state index < -0.39 is 6.04 Å². The van der Waals surface area contributed by atoms with Gasteiger partial charge in [-0.15, -0.1) is 0 Å². The normalized spacial score (nSPS) is 12.1. The van der Waals surface area contributed by atoms with Gasteiger partial charge in [0.25, 0.3) is 0 Å². The van der Waals surface area contributed by atoms with Crippen LogP contribution in [0.15, 0.2) is 36.4 Å². The van der Waals surface area contributed by atoms with Gasteiger partial charge >= 0.3 is 0 Å².